The van der Waals surface area contributed by atoms with Crippen LogP contribution in [0, 0.1) is 6.92 Å². The number of aryl methyl sites for hydroxylation is 1. The van der Waals surface area contributed by atoms with Crippen molar-refractivity contribution in [2.24, 2.45) is 0 Å². The lowest BCUT2D eigenvalue weighted by Crippen LogP contribution is -2.50. The number of rotatable bonds is 8. The standard InChI is InChI=1S/C21H24N2O7S/c1-3-10-22-21(26)19-12-23(16-6-4-5-7-18(16)30-19)31(27,28)15-8-9-17(14(2)11-15)29-13-20(24)25/h4-9,11,19H,3,10,12-13H2,1-2H3,(H,22,26)(H,24,25). The van der Waals surface area contributed by atoms with Crippen LogP contribution in [-0.2, 0) is 19.6 Å². The molecule has 1 unspecified atom stereocenters. The molecule has 31 heavy (non-hydrogen) atoms. The number of ether oxygens (including phenoxy) is 2. The van der Waals surface area contributed by atoms with Crippen molar-refractivity contribution in [2.45, 2.75) is 31.3 Å². The number of carbonyl (C=O) groups excluding carboxylic acids is 1. The molecule has 1 aliphatic heterocycles. The zero-order chi connectivity index (χ0) is 22.6. The summed E-state index contributed by atoms with van der Waals surface area (Å²) in [5, 5.41) is 11.5. The van der Waals surface area contributed by atoms with Crippen LogP contribution in [0.1, 0.15) is 18.9 Å². The highest BCUT2D eigenvalue weighted by molar-refractivity contribution is 7.92. The van der Waals surface area contributed by atoms with E-state index in [0.717, 1.165) is 10.7 Å². The highest BCUT2D eigenvalue weighted by Gasteiger charge is 2.37. The van der Waals surface area contributed by atoms with Crippen LogP contribution in [-0.4, -0.2) is 51.2 Å². The monoisotopic (exact) mass is 448 g/mol. The van der Waals surface area contributed by atoms with Crippen molar-refractivity contribution in [2.75, 3.05) is 24.0 Å². The van der Waals surface area contributed by atoms with E-state index >= 15 is 0 Å². The smallest absolute Gasteiger partial charge is 0.341 e. The first kappa shape index (κ1) is 22.4. The van der Waals surface area contributed by atoms with E-state index in [4.69, 9.17) is 14.6 Å². The van der Waals surface area contributed by atoms with Crippen LogP contribution in [0.5, 0.6) is 11.5 Å². The molecule has 2 aromatic carbocycles. The van der Waals surface area contributed by atoms with Crippen LogP contribution in [0.25, 0.3) is 0 Å². The zero-order valence-electron chi connectivity index (χ0n) is 17.2. The fourth-order valence-electron chi connectivity index (χ4n) is 3.14. The maximum Gasteiger partial charge on any atom is 0.341 e. The molecule has 1 heterocycles. The Morgan fingerprint density at radius 2 is 2.00 bits per heavy atom. The average Bonchev–Trinajstić information content (AvgIpc) is 2.75. The molecule has 0 saturated heterocycles. The van der Waals surface area contributed by atoms with Crippen LogP contribution in [0.3, 0.4) is 0 Å². The molecule has 1 amide bonds. The van der Waals surface area contributed by atoms with Gasteiger partial charge in [-0.25, -0.2) is 13.2 Å². The number of anilines is 1. The number of carboxylic acid groups (broad SMARTS) is 1. The molecule has 166 valence electrons. The van der Waals surface area contributed by atoms with Gasteiger partial charge in [0.2, 0.25) is 0 Å². The van der Waals surface area contributed by atoms with Gasteiger partial charge in [-0.3, -0.25) is 9.10 Å². The third-order valence-electron chi connectivity index (χ3n) is 4.66. The van der Waals surface area contributed by atoms with Crippen LogP contribution < -0.4 is 19.1 Å². The van der Waals surface area contributed by atoms with Crippen molar-refractivity contribution in [3.8, 4) is 11.5 Å². The third kappa shape index (κ3) is 4.91. The van der Waals surface area contributed by atoms with E-state index in [-0.39, 0.29) is 23.1 Å². The number of carbonyl (C=O) groups is 2. The second kappa shape index (κ2) is 9.25. The number of fused-ring (bicyclic) bond motifs is 1. The van der Waals surface area contributed by atoms with Gasteiger partial charge >= 0.3 is 5.97 Å². The summed E-state index contributed by atoms with van der Waals surface area (Å²) in [6, 6.07) is 10.8. The molecule has 2 aromatic rings. The van der Waals surface area contributed by atoms with Crippen LogP contribution in [0.4, 0.5) is 5.69 Å². The van der Waals surface area contributed by atoms with Crippen LogP contribution in [0.15, 0.2) is 47.4 Å². The van der Waals surface area contributed by atoms with E-state index in [0.29, 0.717) is 23.5 Å². The van der Waals surface area contributed by atoms with Gasteiger partial charge in [0, 0.05) is 6.54 Å². The van der Waals surface area contributed by atoms with Gasteiger partial charge in [-0.2, -0.15) is 0 Å². The number of nitrogens with zero attached hydrogens (tertiary/aromatic N) is 1. The largest absolute Gasteiger partial charge is 0.482 e. The van der Waals surface area contributed by atoms with Gasteiger partial charge in [0.25, 0.3) is 15.9 Å². The van der Waals surface area contributed by atoms with Crippen molar-refractivity contribution in [3.63, 3.8) is 0 Å². The third-order valence-corrected chi connectivity index (χ3v) is 6.44. The number of nitrogens with one attached hydrogen (secondary N) is 1. The molecule has 10 heteroatoms. The number of hydrogen-bond donors (Lipinski definition) is 2. The number of aliphatic carboxylic acids is 1. The molecular formula is C21H24N2O7S. The van der Waals surface area contributed by atoms with E-state index in [1.165, 1.54) is 18.2 Å². The van der Waals surface area contributed by atoms with Gasteiger partial charge in [-0.05, 0) is 49.2 Å². The molecule has 3 rings (SSSR count). The summed E-state index contributed by atoms with van der Waals surface area (Å²) in [5.41, 5.74) is 0.812. The summed E-state index contributed by atoms with van der Waals surface area (Å²) >= 11 is 0. The molecule has 0 spiro atoms. The number of para-hydroxylation sites is 2. The first-order valence-electron chi connectivity index (χ1n) is 9.75. The molecular weight excluding hydrogens is 424 g/mol. The van der Waals surface area contributed by atoms with E-state index in [9.17, 15) is 18.0 Å². The van der Waals surface area contributed by atoms with Crippen LogP contribution in [0.2, 0.25) is 0 Å². The second-order valence-corrected chi connectivity index (χ2v) is 8.87. The Morgan fingerprint density at radius 3 is 2.68 bits per heavy atom. The zero-order valence-corrected chi connectivity index (χ0v) is 18.0. The highest BCUT2D eigenvalue weighted by Crippen LogP contribution is 2.37. The maximum absolute atomic E-state index is 13.5. The van der Waals surface area contributed by atoms with Crippen LogP contribution >= 0.6 is 0 Å². The summed E-state index contributed by atoms with van der Waals surface area (Å²) in [7, 11) is -4.03. The lowest BCUT2D eigenvalue weighted by atomic mass is 10.2. The minimum absolute atomic E-state index is 0.00269. The summed E-state index contributed by atoms with van der Waals surface area (Å²) < 4.78 is 39.0. The van der Waals surface area contributed by atoms with E-state index < -0.39 is 28.7 Å². The summed E-state index contributed by atoms with van der Waals surface area (Å²) in [6.45, 7) is 3.30. The fraction of sp³-hybridized carbons (Fsp3) is 0.333. The predicted molar refractivity (Wildman–Crippen MR) is 113 cm³/mol. The van der Waals surface area contributed by atoms with Gasteiger partial charge in [-0.1, -0.05) is 19.1 Å². The number of benzene rings is 2. The maximum atomic E-state index is 13.5. The Balaban J connectivity index is 1.94. The molecule has 0 radical (unpaired) electrons. The molecule has 0 aromatic heterocycles. The SMILES string of the molecule is CCCNC(=O)C1CN(S(=O)(=O)c2ccc(OCC(=O)O)c(C)c2)c2ccccc2O1. The summed E-state index contributed by atoms with van der Waals surface area (Å²) in [4.78, 5) is 23.2. The Labute approximate surface area is 180 Å². The Bertz CT molecular complexity index is 1080. The Hall–Kier alpha value is -3.27. The predicted octanol–water partition coefficient (Wildman–Crippen LogP) is 1.94. The molecule has 9 nitrogen and oxygen atoms in total. The summed E-state index contributed by atoms with van der Waals surface area (Å²) in [6.07, 6.45) is -0.248. The van der Waals surface area contributed by atoms with E-state index in [2.05, 4.69) is 5.32 Å². The molecule has 0 saturated carbocycles. The highest BCUT2D eigenvalue weighted by atomic mass is 32.2. The molecule has 1 aliphatic rings. The quantitative estimate of drug-likeness (QED) is 0.633. The lowest BCUT2D eigenvalue weighted by Gasteiger charge is -2.34. The average molecular weight is 448 g/mol. The molecule has 0 aliphatic carbocycles. The van der Waals surface area contributed by atoms with Crippen molar-refractivity contribution < 1.29 is 32.6 Å². The van der Waals surface area contributed by atoms with Crippen molar-refractivity contribution in [3.05, 3.63) is 48.0 Å². The normalized spacial score (nSPS) is 15.5. The first-order chi connectivity index (χ1) is 14.7. The number of hydrogen-bond acceptors (Lipinski definition) is 6. The minimum atomic E-state index is -4.03. The molecule has 0 fully saturated rings. The first-order valence-corrected chi connectivity index (χ1v) is 11.2. The van der Waals surface area contributed by atoms with Gasteiger partial charge in [-0.15, -0.1) is 0 Å². The minimum Gasteiger partial charge on any atom is -0.482 e. The van der Waals surface area contributed by atoms with Gasteiger partial charge in [0.05, 0.1) is 17.1 Å². The molecule has 1 atom stereocenters. The summed E-state index contributed by atoms with van der Waals surface area (Å²) in [5.74, 6) is -0.939. The van der Waals surface area contributed by atoms with Gasteiger partial charge in [0.1, 0.15) is 11.5 Å². The van der Waals surface area contributed by atoms with Gasteiger partial charge < -0.3 is 19.9 Å². The van der Waals surface area contributed by atoms with Crippen molar-refractivity contribution in [1.29, 1.82) is 0 Å². The van der Waals surface area contributed by atoms with E-state index in [1.54, 1.807) is 31.2 Å². The Morgan fingerprint density at radius 1 is 1.26 bits per heavy atom. The number of amides is 1. The fourth-order valence-corrected chi connectivity index (χ4v) is 4.70. The molecule has 2 N–H and O–H groups in total. The van der Waals surface area contributed by atoms with Gasteiger partial charge in [0.15, 0.2) is 12.7 Å². The Kier molecular flexibility index (Phi) is 6.69. The van der Waals surface area contributed by atoms with E-state index in [1.807, 2.05) is 6.92 Å². The lowest BCUT2D eigenvalue weighted by molar-refractivity contribution is -0.139. The van der Waals surface area contributed by atoms with Crippen molar-refractivity contribution in [1.82, 2.24) is 5.32 Å². The number of carboxylic acids is 1. The topological polar surface area (TPSA) is 122 Å². The molecule has 0 bridgehead atoms. The van der Waals surface area contributed by atoms with Crippen molar-refractivity contribution >= 4 is 27.6 Å². The number of sulfonamides is 1. The second-order valence-electron chi connectivity index (χ2n) is 7.01.